The highest BCUT2D eigenvalue weighted by molar-refractivity contribution is 7.18. The number of benzene rings is 1. The minimum atomic E-state index is -0.179. The Kier molecular flexibility index (Phi) is 3.73. The van der Waals surface area contributed by atoms with Crippen molar-refractivity contribution >= 4 is 21.6 Å². The molecule has 2 heterocycles. The van der Waals surface area contributed by atoms with E-state index >= 15 is 0 Å². The predicted molar refractivity (Wildman–Crippen MR) is 90.2 cm³/mol. The summed E-state index contributed by atoms with van der Waals surface area (Å²) in [5.41, 5.74) is 2.53. The molecule has 2 aromatic heterocycles. The fraction of sp³-hybridized carbons (Fsp3) is 0.333. The van der Waals surface area contributed by atoms with Crippen molar-refractivity contribution in [2.45, 2.75) is 38.6 Å². The molecule has 3 aromatic rings. The van der Waals surface area contributed by atoms with E-state index in [0.717, 1.165) is 23.1 Å². The zero-order valence-corrected chi connectivity index (χ0v) is 13.6. The van der Waals surface area contributed by atoms with Gasteiger partial charge in [0.2, 0.25) is 0 Å². The van der Waals surface area contributed by atoms with Crippen LogP contribution in [0.15, 0.2) is 30.6 Å². The average molecular weight is 327 g/mol. The molecular weight excluding hydrogens is 309 g/mol. The standard InChI is InChI=1S/C18H18FN3S/c19-14-7-3-1-5-12(14)9-10-22-11-21-18-16(17(22)20)13-6-2-4-8-15(13)23-18/h1,3,5,7,11,20H,2,4,6,8-10H2. The number of halogens is 1. The summed E-state index contributed by atoms with van der Waals surface area (Å²) in [7, 11) is 0. The summed E-state index contributed by atoms with van der Waals surface area (Å²) in [4.78, 5) is 6.93. The number of nitrogens with zero attached hydrogens (tertiary/aromatic N) is 2. The second-order valence-corrected chi connectivity index (χ2v) is 7.10. The van der Waals surface area contributed by atoms with Crippen LogP contribution in [0, 0.1) is 11.2 Å². The van der Waals surface area contributed by atoms with Gasteiger partial charge in [-0.3, -0.25) is 5.41 Å². The summed E-state index contributed by atoms with van der Waals surface area (Å²) in [5, 5.41) is 9.57. The lowest BCUT2D eigenvalue weighted by molar-refractivity contribution is 0.583. The Morgan fingerprint density at radius 1 is 1.22 bits per heavy atom. The highest BCUT2D eigenvalue weighted by atomic mass is 32.1. The summed E-state index contributed by atoms with van der Waals surface area (Å²) in [6, 6.07) is 6.84. The van der Waals surface area contributed by atoms with E-state index in [1.807, 2.05) is 10.6 Å². The zero-order chi connectivity index (χ0) is 15.8. The van der Waals surface area contributed by atoms with Crippen molar-refractivity contribution in [1.29, 1.82) is 5.41 Å². The third-order valence-electron chi connectivity index (χ3n) is 4.57. The minimum Gasteiger partial charge on any atom is -0.317 e. The van der Waals surface area contributed by atoms with Gasteiger partial charge in [0.15, 0.2) is 0 Å². The van der Waals surface area contributed by atoms with Crippen LogP contribution in [0.4, 0.5) is 4.39 Å². The number of aryl methyl sites for hydroxylation is 4. The van der Waals surface area contributed by atoms with Crippen LogP contribution < -0.4 is 5.49 Å². The summed E-state index contributed by atoms with van der Waals surface area (Å²) >= 11 is 1.74. The van der Waals surface area contributed by atoms with Gasteiger partial charge in [0.1, 0.15) is 16.1 Å². The summed E-state index contributed by atoms with van der Waals surface area (Å²) in [6.07, 6.45) is 6.91. The van der Waals surface area contributed by atoms with Gasteiger partial charge >= 0.3 is 0 Å². The SMILES string of the molecule is N=c1c2c3c(sc2ncn1CCc1ccccc1F)CCCC3. The Hall–Kier alpha value is -2.01. The summed E-state index contributed by atoms with van der Waals surface area (Å²) < 4.78 is 15.6. The lowest BCUT2D eigenvalue weighted by Crippen LogP contribution is -2.22. The molecule has 0 unspecified atom stereocenters. The van der Waals surface area contributed by atoms with E-state index < -0.39 is 0 Å². The van der Waals surface area contributed by atoms with Crippen molar-refractivity contribution in [3.05, 3.63) is 57.9 Å². The molecule has 4 rings (SSSR count). The largest absolute Gasteiger partial charge is 0.317 e. The highest BCUT2D eigenvalue weighted by Crippen LogP contribution is 2.33. The second kappa shape index (κ2) is 5.89. The highest BCUT2D eigenvalue weighted by Gasteiger charge is 2.18. The van der Waals surface area contributed by atoms with Gasteiger partial charge in [0, 0.05) is 11.4 Å². The molecule has 23 heavy (non-hydrogen) atoms. The first kappa shape index (κ1) is 14.6. The monoisotopic (exact) mass is 327 g/mol. The van der Waals surface area contributed by atoms with Gasteiger partial charge < -0.3 is 4.57 Å². The van der Waals surface area contributed by atoms with E-state index in [1.54, 1.807) is 29.8 Å². The fourth-order valence-corrected chi connectivity index (χ4v) is 4.55. The number of thiophene rings is 1. The fourth-order valence-electron chi connectivity index (χ4n) is 3.32. The molecule has 0 aliphatic heterocycles. The van der Waals surface area contributed by atoms with Crippen molar-refractivity contribution in [3.8, 4) is 0 Å². The van der Waals surface area contributed by atoms with Gasteiger partial charge in [0.05, 0.1) is 11.7 Å². The third kappa shape index (κ3) is 2.59. The molecular formula is C18H18FN3S. The van der Waals surface area contributed by atoms with E-state index in [0.29, 0.717) is 24.0 Å². The minimum absolute atomic E-state index is 0.179. The van der Waals surface area contributed by atoms with E-state index in [4.69, 9.17) is 5.41 Å². The third-order valence-corrected chi connectivity index (χ3v) is 5.77. The van der Waals surface area contributed by atoms with Crippen molar-refractivity contribution in [2.75, 3.05) is 0 Å². The molecule has 0 spiro atoms. The predicted octanol–water partition coefficient (Wildman–Crippen LogP) is 3.84. The molecule has 3 nitrogen and oxygen atoms in total. The number of aromatic nitrogens is 2. The van der Waals surface area contributed by atoms with Crippen molar-refractivity contribution in [2.24, 2.45) is 0 Å². The molecule has 0 bridgehead atoms. The van der Waals surface area contributed by atoms with Gasteiger partial charge in [-0.25, -0.2) is 9.37 Å². The maximum Gasteiger partial charge on any atom is 0.136 e. The summed E-state index contributed by atoms with van der Waals surface area (Å²) in [6.45, 7) is 0.577. The summed E-state index contributed by atoms with van der Waals surface area (Å²) in [5.74, 6) is -0.179. The molecule has 1 aliphatic rings. The molecule has 5 heteroatoms. The van der Waals surface area contributed by atoms with Crippen LogP contribution in [0.2, 0.25) is 0 Å². The Morgan fingerprint density at radius 2 is 2.04 bits per heavy atom. The average Bonchev–Trinajstić information content (AvgIpc) is 2.95. The number of hydrogen-bond donors (Lipinski definition) is 1. The van der Waals surface area contributed by atoms with Gasteiger partial charge in [-0.15, -0.1) is 11.3 Å². The van der Waals surface area contributed by atoms with Crippen LogP contribution in [0.1, 0.15) is 28.8 Å². The first-order chi connectivity index (χ1) is 11.2. The van der Waals surface area contributed by atoms with E-state index in [-0.39, 0.29) is 5.82 Å². The quantitative estimate of drug-likeness (QED) is 0.780. The smallest absolute Gasteiger partial charge is 0.136 e. The van der Waals surface area contributed by atoms with Crippen LogP contribution in [0.5, 0.6) is 0 Å². The van der Waals surface area contributed by atoms with Crippen LogP contribution >= 0.6 is 11.3 Å². The normalized spacial score (nSPS) is 14.1. The molecule has 0 amide bonds. The van der Waals surface area contributed by atoms with E-state index in [1.165, 1.54) is 29.3 Å². The van der Waals surface area contributed by atoms with Crippen LogP contribution in [-0.4, -0.2) is 9.55 Å². The molecule has 1 aliphatic carbocycles. The molecule has 1 aromatic carbocycles. The Balaban J connectivity index is 1.70. The number of fused-ring (bicyclic) bond motifs is 3. The lowest BCUT2D eigenvalue weighted by Gasteiger charge is -2.11. The Labute approximate surface area is 137 Å². The first-order valence-corrected chi connectivity index (χ1v) is 8.83. The van der Waals surface area contributed by atoms with Gasteiger partial charge in [-0.1, -0.05) is 18.2 Å². The molecule has 0 saturated heterocycles. The molecule has 118 valence electrons. The van der Waals surface area contributed by atoms with Crippen LogP contribution in [-0.2, 0) is 25.8 Å². The first-order valence-electron chi connectivity index (χ1n) is 8.02. The van der Waals surface area contributed by atoms with Gasteiger partial charge in [0.25, 0.3) is 0 Å². The van der Waals surface area contributed by atoms with Crippen LogP contribution in [0.25, 0.3) is 10.2 Å². The Morgan fingerprint density at radius 3 is 2.91 bits per heavy atom. The van der Waals surface area contributed by atoms with E-state index in [2.05, 4.69) is 4.98 Å². The number of hydrogen-bond acceptors (Lipinski definition) is 3. The lowest BCUT2D eigenvalue weighted by atomic mass is 9.97. The number of nitrogens with one attached hydrogen (secondary N) is 1. The molecule has 1 N–H and O–H groups in total. The van der Waals surface area contributed by atoms with Crippen molar-refractivity contribution < 1.29 is 4.39 Å². The Bertz CT molecular complexity index is 926. The maximum absolute atomic E-state index is 13.8. The van der Waals surface area contributed by atoms with Gasteiger partial charge in [-0.2, -0.15) is 0 Å². The van der Waals surface area contributed by atoms with E-state index in [9.17, 15) is 4.39 Å². The van der Waals surface area contributed by atoms with Crippen LogP contribution in [0.3, 0.4) is 0 Å². The zero-order valence-electron chi connectivity index (χ0n) is 12.8. The molecule has 0 radical (unpaired) electrons. The number of rotatable bonds is 3. The van der Waals surface area contributed by atoms with Crippen molar-refractivity contribution in [1.82, 2.24) is 9.55 Å². The molecule has 0 atom stereocenters. The van der Waals surface area contributed by atoms with Gasteiger partial charge in [-0.05, 0) is 49.3 Å². The second-order valence-electron chi connectivity index (χ2n) is 6.02. The maximum atomic E-state index is 13.8. The molecule has 0 saturated carbocycles. The van der Waals surface area contributed by atoms with Crippen molar-refractivity contribution in [3.63, 3.8) is 0 Å². The molecule has 0 fully saturated rings. The topological polar surface area (TPSA) is 41.7 Å².